The molecule has 2 atom stereocenters. The first kappa shape index (κ1) is 13.4. The Bertz CT molecular complexity index is 677. The number of para-hydroxylation sites is 1. The number of anilines is 1. The molecule has 2 unspecified atom stereocenters. The lowest BCUT2D eigenvalue weighted by atomic mass is 10.1. The third-order valence-electron chi connectivity index (χ3n) is 4.41. The Morgan fingerprint density at radius 3 is 2.50 bits per heavy atom. The van der Waals surface area contributed by atoms with Crippen molar-refractivity contribution in [2.45, 2.75) is 25.0 Å². The Labute approximate surface area is 118 Å². The smallest absolute Gasteiger partial charge is 0.329 e. The van der Waals surface area contributed by atoms with Gasteiger partial charge in [0, 0.05) is 12.5 Å². The third-order valence-corrected chi connectivity index (χ3v) is 6.90. The molecule has 1 heterocycles. The topological polar surface area (TPSA) is 63.7 Å². The zero-order valence-corrected chi connectivity index (χ0v) is 12.5. The monoisotopic (exact) mass is 295 g/mol. The molecular weight excluding hydrogens is 278 g/mol. The molecule has 0 bridgehead atoms. The molecule has 5 nitrogen and oxygen atoms in total. The maximum absolute atomic E-state index is 12.8. The Balaban J connectivity index is 2.10. The first-order valence-electron chi connectivity index (χ1n) is 6.53. The fraction of sp³-hybridized carbons (Fsp3) is 0.500. The lowest BCUT2D eigenvalue weighted by Crippen LogP contribution is -2.40. The van der Waals surface area contributed by atoms with Crippen molar-refractivity contribution in [1.29, 1.82) is 0 Å². The second-order valence-corrected chi connectivity index (χ2v) is 7.68. The summed E-state index contributed by atoms with van der Waals surface area (Å²) in [5.74, 6) is -0.782. The van der Waals surface area contributed by atoms with E-state index in [1.165, 1.54) is 11.4 Å². The molecule has 1 saturated heterocycles. The summed E-state index contributed by atoms with van der Waals surface area (Å²) in [5, 5.41) is 0. The Morgan fingerprint density at radius 2 is 1.95 bits per heavy atom. The molecule has 1 aliphatic carbocycles. The standard InChI is InChI=1S/C14H17NO4S/c1-9-5-4-6-10(2)12(9)15-8-11-7-14(11,13(16)19-3)20(15,17)18/h4-6,11H,7-8H2,1-3H3. The van der Waals surface area contributed by atoms with E-state index in [9.17, 15) is 13.2 Å². The molecule has 0 spiro atoms. The van der Waals surface area contributed by atoms with Gasteiger partial charge in [-0.1, -0.05) is 18.2 Å². The number of nitrogens with zero attached hydrogens (tertiary/aromatic N) is 1. The molecular formula is C14H17NO4S. The largest absolute Gasteiger partial charge is 0.468 e. The molecule has 0 radical (unpaired) electrons. The highest BCUT2D eigenvalue weighted by Crippen LogP contribution is 2.59. The number of esters is 1. The number of aryl methyl sites for hydroxylation is 2. The molecule has 1 aromatic rings. The van der Waals surface area contributed by atoms with Gasteiger partial charge in [0.05, 0.1) is 12.8 Å². The van der Waals surface area contributed by atoms with Crippen LogP contribution in [0.3, 0.4) is 0 Å². The second kappa shape index (κ2) is 3.97. The first-order chi connectivity index (χ1) is 9.36. The van der Waals surface area contributed by atoms with Crippen LogP contribution in [0.5, 0.6) is 0 Å². The van der Waals surface area contributed by atoms with Gasteiger partial charge in [-0.3, -0.25) is 9.10 Å². The molecule has 20 heavy (non-hydrogen) atoms. The summed E-state index contributed by atoms with van der Waals surface area (Å²) in [5.41, 5.74) is 2.49. The van der Waals surface area contributed by atoms with Crippen molar-refractivity contribution in [3.8, 4) is 0 Å². The minimum Gasteiger partial charge on any atom is -0.468 e. The molecule has 3 rings (SSSR count). The normalized spacial score (nSPS) is 29.9. The van der Waals surface area contributed by atoms with E-state index in [4.69, 9.17) is 4.74 Å². The van der Waals surface area contributed by atoms with E-state index < -0.39 is 20.7 Å². The Morgan fingerprint density at radius 1 is 1.35 bits per heavy atom. The van der Waals surface area contributed by atoms with Crippen LogP contribution in [-0.2, 0) is 19.6 Å². The van der Waals surface area contributed by atoms with Crippen LogP contribution in [0.15, 0.2) is 18.2 Å². The van der Waals surface area contributed by atoms with Crippen LogP contribution in [0, 0.1) is 19.8 Å². The summed E-state index contributed by atoms with van der Waals surface area (Å²) in [4.78, 5) is 11.9. The van der Waals surface area contributed by atoms with Gasteiger partial charge in [-0.25, -0.2) is 8.42 Å². The number of carbonyl (C=O) groups excluding carboxylic acids is 1. The number of fused-ring (bicyclic) bond motifs is 1. The van der Waals surface area contributed by atoms with Gasteiger partial charge in [0.2, 0.25) is 0 Å². The van der Waals surface area contributed by atoms with Gasteiger partial charge in [0.25, 0.3) is 10.0 Å². The van der Waals surface area contributed by atoms with Gasteiger partial charge < -0.3 is 4.74 Å². The molecule has 2 fully saturated rings. The van der Waals surface area contributed by atoms with Crippen LogP contribution in [0.4, 0.5) is 5.69 Å². The van der Waals surface area contributed by atoms with E-state index >= 15 is 0 Å². The van der Waals surface area contributed by atoms with Gasteiger partial charge >= 0.3 is 5.97 Å². The minimum atomic E-state index is -3.70. The van der Waals surface area contributed by atoms with Crippen LogP contribution in [0.2, 0.25) is 0 Å². The highest BCUT2D eigenvalue weighted by atomic mass is 32.2. The molecule has 0 aromatic heterocycles. The summed E-state index contributed by atoms with van der Waals surface area (Å²) >= 11 is 0. The molecule has 0 amide bonds. The molecule has 108 valence electrons. The van der Waals surface area contributed by atoms with Crippen molar-refractivity contribution in [3.63, 3.8) is 0 Å². The lowest BCUT2D eigenvalue weighted by Gasteiger charge is -2.25. The van der Waals surface area contributed by atoms with Crippen LogP contribution in [0.1, 0.15) is 17.5 Å². The molecule has 1 aliphatic heterocycles. The van der Waals surface area contributed by atoms with Crippen molar-refractivity contribution in [2.75, 3.05) is 18.0 Å². The van der Waals surface area contributed by atoms with Crippen molar-refractivity contribution >= 4 is 21.7 Å². The number of methoxy groups -OCH3 is 1. The SMILES string of the molecule is COC(=O)C12CC1CN(c1c(C)cccc1C)S2(=O)=O. The highest BCUT2D eigenvalue weighted by molar-refractivity contribution is 7.95. The van der Waals surface area contributed by atoms with Crippen molar-refractivity contribution < 1.29 is 17.9 Å². The molecule has 0 N–H and O–H groups in total. The van der Waals surface area contributed by atoms with E-state index in [-0.39, 0.29) is 5.92 Å². The number of hydrogen-bond acceptors (Lipinski definition) is 4. The van der Waals surface area contributed by atoms with Gasteiger partial charge in [0.15, 0.2) is 4.75 Å². The fourth-order valence-electron chi connectivity index (χ4n) is 3.27. The second-order valence-electron chi connectivity index (χ2n) is 5.56. The molecule has 2 aliphatic rings. The van der Waals surface area contributed by atoms with Gasteiger partial charge in [-0.05, 0) is 31.4 Å². The van der Waals surface area contributed by atoms with Crippen LogP contribution in [0.25, 0.3) is 0 Å². The number of carbonyl (C=O) groups is 1. The van der Waals surface area contributed by atoms with Gasteiger partial charge in [-0.15, -0.1) is 0 Å². The average molecular weight is 295 g/mol. The van der Waals surface area contributed by atoms with Crippen LogP contribution < -0.4 is 4.31 Å². The quantitative estimate of drug-likeness (QED) is 0.773. The number of hydrogen-bond donors (Lipinski definition) is 0. The number of sulfonamides is 1. The summed E-state index contributed by atoms with van der Waals surface area (Å²) < 4.78 is 30.3. The van der Waals surface area contributed by atoms with Crippen LogP contribution >= 0.6 is 0 Å². The number of ether oxygens (including phenoxy) is 1. The van der Waals surface area contributed by atoms with E-state index in [1.54, 1.807) is 0 Å². The lowest BCUT2D eigenvalue weighted by molar-refractivity contribution is -0.141. The summed E-state index contributed by atoms with van der Waals surface area (Å²) in [6.45, 7) is 4.13. The molecule has 6 heteroatoms. The van der Waals surface area contributed by atoms with Gasteiger partial charge in [-0.2, -0.15) is 0 Å². The maximum atomic E-state index is 12.8. The Hall–Kier alpha value is -1.56. The zero-order chi connectivity index (χ0) is 14.7. The first-order valence-corrected chi connectivity index (χ1v) is 7.97. The Kier molecular flexibility index (Phi) is 2.67. The predicted molar refractivity (Wildman–Crippen MR) is 75.0 cm³/mol. The van der Waals surface area contributed by atoms with E-state index in [0.29, 0.717) is 18.7 Å². The van der Waals surface area contributed by atoms with Crippen molar-refractivity contribution in [3.05, 3.63) is 29.3 Å². The third kappa shape index (κ3) is 1.43. The summed E-state index contributed by atoms with van der Waals surface area (Å²) in [7, 11) is -2.46. The maximum Gasteiger partial charge on any atom is 0.329 e. The van der Waals surface area contributed by atoms with Crippen molar-refractivity contribution in [2.24, 2.45) is 5.92 Å². The summed E-state index contributed by atoms with van der Waals surface area (Å²) in [6, 6.07) is 5.66. The molecule has 1 aromatic carbocycles. The number of benzene rings is 1. The van der Waals surface area contributed by atoms with Crippen LogP contribution in [-0.4, -0.2) is 32.8 Å². The molecule has 1 saturated carbocycles. The van der Waals surface area contributed by atoms with E-state index in [0.717, 1.165) is 11.1 Å². The average Bonchev–Trinajstić information content (AvgIpc) is 3.07. The fourth-order valence-corrected chi connectivity index (χ4v) is 5.77. The highest BCUT2D eigenvalue weighted by Gasteiger charge is 2.76. The number of rotatable bonds is 2. The van der Waals surface area contributed by atoms with E-state index in [2.05, 4.69) is 0 Å². The van der Waals surface area contributed by atoms with Gasteiger partial charge in [0.1, 0.15) is 0 Å². The zero-order valence-electron chi connectivity index (χ0n) is 11.7. The minimum absolute atomic E-state index is 0.154. The van der Waals surface area contributed by atoms with E-state index in [1.807, 2.05) is 32.0 Å². The van der Waals surface area contributed by atoms with Crippen molar-refractivity contribution in [1.82, 2.24) is 0 Å². The summed E-state index contributed by atoms with van der Waals surface area (Å²) in [6.07, 6.45) is 0.378. The predicted octanol–water partition coefficient (Wildman–Crippen LogP) is 1.38.